The van der Waals surface area contributed by atoms with Crippen LogP contribution in [0.3, 0.4) is 0 Å². The van der Waals surface area contributed by atoms with Crippen molar-refractivity contribution in [1.29, 1.82) is 0 Å². The number of hydrogen-bond donors (Lipinski definition) is 0. The predicted molar refractivity (Wildman–Crippen MR) is 126 cm³/mol. The number of hydrogen-bond acceptors (Lipinski definition) is 4. The van der Waals surface area contributed by atoms with Gasteiger partial charge in [-0.1, -0.05) is 57.7 Å². The zero-order valence-electron chi connectivity index (χ0n) is 20.0. The third-order valence-electron chi connectivity index (χ3n) is 6.47. The van der Waals surface area contributed by atoms with E-state index in [2.05, 4.69) is 45.9 Å². The number of aromatic nitrogens is 2. The summed E-state index contributed by atoms with van der Waals surface area (Å²) >= 11 is 0. The molecule has 3 rings (SSSR count). The zero-order valence-corrected chi connectivity index (χ0v) is 20.0. The van der Waals surface area contributed by atoms with Gasteiger partial charge in [-0.3, -0.25) is 9.48 Å². The van der Waals surface area contributed by atoms with E-state index in [1.807, 2.05) is 18.7 Å². The summed E-state index contributed by atoms with van der Waals surface area (Å²) in [5.74, 6) is 0.171. The first kappa shape index (κ1) is 23.2. The maximum atomic E-state index is 13.4. The van der Waals surface area contributed by atoms with Gasteiger partial charge in [0.2, 0.25) is 0 Å². The summed E-state index contributed by atoms with van der Waals surface area (Å²) in [5, 5.41) is 4.79. The van der Waals surface area contributed by atoms with Crippen molar-refractivity contribution < 1.29 is 9.53 Å². The second kappa shape index (κ2) is 10.3. The molecule has 1 aliphatic heterocycles. The first-order valence-electron chi connectivity index (χ1n) is 11.7. The Morgan fingerprint density at radius 2 is 1.87 bits per heavy atom. The second-order valence-corrected chi connectivity index (χ2v) is 8.78. The van der Waals surface area contributed by atoms with Gasteiger partial charge in [0.05, 0.1) is 12.3 Å². The molecule has 168 valence electrons. The lowest BCUT2D eigenvalue weighted by Crippen LogP contribution is -2.34. The summed E-state index contributed by atoms with van der Waals surface area (Å²) < 4.78 is 7.66. The molecule has 0 saturated heterocycles. The SMILES string of the molecule is CCCCCCOC(=O)C1C(C)=Nc2c(c(CCC)nn2C)C1c1cccc(C)c1C. The molecule has 1 aliphatic rings. The van der Waals surface area contributed by atoms with Crippen LogP contribution in [0.25, 0.3) is 0 Å². The molecule has 2 aromatic rings. The van der Waals surface area contributed by atoms with Crippen LogP contribution in [0, 0.1) is 19.8 Å². The van der Waals surface area contributed by atoms with Gasteiger partial charge in [-0.25, -0.2) is 4.99 Å². The normalized spacial score (nSPS) is 17.9. The highest BCUT2D eigenvalue weighted by Crippen LogP contribution is 2.46. The molecule has 5 nitrogen and oxygen atoms in total. The lowest BCUT2D eigenvalue weighted by molar-refractivity contribution is -0.146. The molecule has 0 radical (unpaired) electrons. The molecule has 0 spiro atoms. The lowest BCUT2D eigenvalue weighted by atomic mass is 9.74. The van der Waals surface area contributed by atoms with Crippen LogP contribution in [0.4, 0.5) is 5.82 Å². The van der Waals surface area contributed by atoms with Crippen molar-refractivity contribution in [3.05, 3.63) is 46.1 Å². The van der Waals surface area contributed by atoms with E-state index >= 15 is 0 Å². The molecule has 0 saturated carbocycles. The number of carbonyl (C=O) groups excluding carboxylic acids is 1. The van der Waals surface area contributed by atoms with Crippen molar-refractivity contribution in [2.75, 3.05) is 6.61 Å². The standard InChI is InChI=1S/C26H37N3O2/c1-7-9-10-11-16-31-26(30)22-19(5)27-25-24(21(13-8-2)28-29(25)6)23(22)20-15-12-14-17(3)18(20)4/h12,14-15,22-23H,7-11,13,16H2,1-6H3. The van der Waals surface area contributed by atoms with Gasteiger partial charge in [-0.05, 0) is 50.3 Å². The molecule has 1 aromatic carbocycles. The first-order chi connectivity index (χ1) is 14.9. The number of aryl methyl sites for hydroxylation is 3. The molecule has 0 aliphatic carbocycles. The average Bonchev–Trinajstić information content (AvgIpc) is 3.04. The van der Waals surface area contributed by atoms with Crippen molar-refractivity contribution in [1.82, 2.24) is 9.78 Å². The van der Waals surface area contributed by atoms with Crippen LogP contribution >= 0.6 is 0 Å². The summed E-state index contributed by atoms with van der Waals surface area (Å²) in [6.07, 6.45) is 6.22. The fourth-order valence-corrected chi connectivity index (χ4v) is 4.65. The van der Waals surface area contributed by atoms with Gasteiger partial charge in [0.1, 0.15) is 5.92 Å². The van der Waals surface area contributed by atoms with Gasteiger partial charge in [0.25, 0.3) is 0 Å². The Hall–Kier alpha value is -2.43. The molecule has 0 amide bonds. The zero-order chi connectivity index (χ0) is 22.5. The van der Waals surface area contributed by atoms with Gasteiger partial charge in [0.15, 0.2) is 5.82 Å². The van der Waals surface area contributed by atoms with Crippen LogP contribution < -0.4 is 0 Å². The Balaban J connectivity index is 2.05. The minimum Gasteiger partial charge on any atom is -0.465 e. The van der Waals surface area contributed by atoms with E-state index in [0.29, 0.717) is 6.61 Å². The summed E-state index contributed by atoms with van der Waals surface area (Å²) in [7, 11) is 1.95. The Kier molecular flexibility index (Phi) is 7.69. The Morgan fingerprint density at radius 1 is 1.10 bits per heavy atom. The quantitative estimate of drug-likeness (QED) is 0.369. The minimum absolute atomic E-state index is 0.120. The van der Waals surface area contributed by atoms with E-state index in [1.54, 1.807) is 0 Å². The number of carbonyl (C=O) groups is 1. The second-order valence-electron chi connectivity index (χ2n) is 8.78. The maximum absolute atomic E-state index is 13.4. The van der Waals surface area contributed by atoms with Crippen LogP contribution in [0.15, 0.2) is 23.2 Å². The maximum Gasteiger partial charge on any atom is 0.315 e. The Bertz CT molecular complexity index is 958. The van der Waals surface area contributed by atoms with Gasteiger partial charge in [-0.15, -0.1) is 0 Å². The molecular formula is C26H37N3O2. The van der Waals surface area contributed by atoms with E-state index in [4.69, 9.17) is 14.8 Å². The van der Waals surface area contributed by atoms with Crippen molar-refractivity contribution in [2.24, 2.45) is 18.0 Å². The molecule has 0 fully saturated rings. The highest BCUT2D eigenvalue weighted by atomic mass is 16.5. The number of nitrogens with zero attached hydrogens (tertiary/aromatic N) is 3. The van der Waals surface area contributed by atoms with Gasteiger partial charge >= 0.3 is 5.97 Å². The summed E-state index contributed by atoms with van der Waals surface area (Å²) in [6.45, 7) is 11.0. The summed E-state index contributed by atoms with van der Waals surface area (Å²) in [4.78, 5) is 18.2. The minimum atomic E-state index is -0.418. The Morgan fingerprint density at radius 3 is 2.58 bits per heavy atom. The number of benzene rings is 1. The number of ether oxygens (including phenoxy) is 1. The first-order valence-corrected chi connectivity index (χ1v) is 11.7. The van der Waals surface area contributed by atoms with Gasteiger partial charge in [-0.2, -0.15) is 5.10 Å². The molecule has 1 aromatic heterocycles. The van der Waals surface area contributed by atoms with Gasteiger partial charge in [0, 0.05) is 24.2 Å². The van der Waals surface area contributed by atoms with E-state index in [-0.39, 0.29) is 11.9 Å². The monoisotopic (exact) mass is 423 g/mol. The van der Waals surface area contributed by atoms with Crippen molar-refractivity contribution in [3.8, 4) is 0 Å². The molecule has 5 heteroatoms. The van der Waals surface area contributed by atoms with Crippen LogP contribution in [-0.4, -0.2) is 28.1 Å². The van der Waals surface area contributed by atoms with Crippen molar-refractivity contribution in [2.45, 2.75) is 79.1 Å². The largest absolute Gasteiger partial charge is 0.465 e. The Labute approximate surface area is 186 Å². The molecule has 2 atom stereocenters. The van der Waals surface area contributed by atoms with E-state index in [1.165, 1.54) is 29.5 Å². The average molecular weight is 424 g/mol. The van der Waals surface area contributed by atoms with Gasteiger partial charge < -0.3 is 4.74 Å². The number of rotatable bonds is 9. The highest BCUT2D eigenvalue weighted by molar-refractivity contribution is 6.05. The fourth-order valence-electron chi connectivity index (χ4n) is 4.65. The fraction of sp³-hybridized carbons (Fsp3) is 0.577. The molecule has 2 heterocycles. The smallest absolute Gasteiger partial charge is 0.315 e. The molecule has 0 bridgehead atoms. The molecule has 31 heavy (non-hydrogen) atoms. The van der Waals surface area contributed by atoms with E-state index in [9.17, 15) is 4.79 Å². The molecular weight excluding hydrogens is 386 g/mol. The predicted octanol–water partition coefficient (Wildman–Crippen LogP) is 5.97. The van der Waals surface area contributed by atoms with E-state index in [0.717, 1.165) is 48.5 Å². The summed E-state index contributed by atoms with van der Waals surface area (Å²) in [5.41, 5.74) is 6.57. The van der Waals surface area contributed by atoms with Crippen molar-refractivity contribution >= 4 is 17.5 Å². The van der Waals surface area contributed by atoms with E-state index < -0.39 is 5.92 Å². The van der Waals surface area contributed by atoms with Crippen LogP contribution in [-0.2, 0) is 23.0 Å². The van der Waals surface area contributed by atoms with Crippen molar-refractivity contribution in [3.63, 3.8) is 0 Å². The van der Waals surface area contributed by atoms with Crippen LogP contribution in [0.2, 0.25) is 0 Å². The number of fused-ring (bicyclic) bond motifs is 1. The topological polar surface area (TPSA) is 56.5 Å². The highest BCUT2D eigenvalue weighted by Gasteiger charge is 2.42. The number of aliphatic imine (C=N–C) groups is 1. The summed E-state index contributed by atoms with van der Waals surface area (Å²) in [6, 6.07) is 6.36. The number of esters is 1. The third kappa shape index (κ3) is 4.76. The third-order valence-corrected chi connectivity index (χ3v) is 6.47. The lowest BCUT2D eigenvalue weighted by Gasteiger charge is -2.31. The van der Waals surface area contributed by atoms with Crippen LogP contribution in [0.1, 0.15) is 86.7 Å². The molecule has 2 unspecified atom stereocenters. The molecule has 0 N–H and O–H groups in total. The van der Waals surface area contributed by atoms with Crippen LogP contribution in [0.5, 0.6) is 0 Å². The number of unbranched alkanes of at least 4 members (excludes halogenated alkanes) is 3.